The minimum atomic E-state index is -0.148. The number of ether oxygens (including phenoxy) is 1. The highest BCUT2D eigenvalue weighted by Crippen LogP contribution is 2.18. The quantitative estimate of drug-likeness (QED) is 0.899. The van der Waals surface area contributed by atoms with Gasteiger partial charge in [-0.3, -0.25) is 4.79 Å². The first-order chi connectivity index (χ1) is 10.8. The Balaban J connectivity index is 1.99. The number of morpholine rings is 1. The second-order valence-corrected chi connectivity index (χ2v) is 6.14. The van der Waals surface area contributed by atoms with E-state index in [0.29, 0.717) is 13.1 Å². The van der Waals surface area contributed by atoms with Gasteiger partial charge in [-0.1, -0.05) is 12.1 Å². The number of benzene rings is 1. The van der Waals surface area contributed by atoms with Crippen LogP contribution in [0.2, 0.25) is 0 Å². The monoisotopic (exact) mass is 319 g/mol. The summed E-state index contributed by atoms with van der Waals surface area (Å²) in [5, 5.41) is 5.76. The predicted octanol–water partition coefficient (Wildman–Crippen LogP) is 2.52. The van der Waals surface area contributed by atoms with Crippen LogP contribution in [0.4, 0.5) is 10.5 Å². The third-order valence-electron chi connectivity index (χ3n) is 3.75. The summed E-state index contributed by atoms with van der Waals surface area (Å²) in [4.78, 5) is 25.4. The van der Waals surface area contributed by atoms with E-state index in [-0.39, 0.29) is 30.2 Å². The lowest BCUT2D eigenvalue weighted by atomic mass is 10.1. The normalized spacial score (nSPS) is 22.3. The van der Waals surface area contributed by atoms with Gasteiger partial charge >= 0.3 is 6.03 Å². The molecule has 23 heavy (non-hydrogen) atoms. The van der Waals surface area contributed by atoms with Crippen molar-refractivity contribution in [1.82, 2.24) is 10.2 Å². The molecule has 1 heterocycles. The van der Waals surface area contributed by atoms with E-state index >= 15 is 0 Å². The number of hydrogen-bond donors (Lipinski definition) is 2. The Morgan fingerprint density at radius 3 is 2.52 bits per heavy atom. The van der Waals surface area contributed by atoms with Gasteiger partial charge in [0.2, 0.25) is 5.91 Å². The minimum absolute atomic E-state index is 0.0444. The summed E-state index contributed by atoms with van der Waals surface area (Å²) in [6.07, 6.45) is 0.0887. The summed E-state index contributed by atoms with van der Waals surface area (Å²) in [6.45, 7) is 8.52. The molecule has 1 saturated heterocycles. The molecule has 1 fully saturated rings. The zero-order chi connectivity index (χ0) is 17.0. The van der Waals surface area contributed by atoms with E-state index in [1.807, 2.05) is 45.0 Å². The van der Waals surface area contributed by atoms with Gasteiger partial charge in [-0.15, -0.1) is 0 Å². The molecule has 6 heteroatoms. The molecule has 0 aliphatic carbocycles. The highest BCUT2D eigenvalue weighted by atomic mass is 16.5. The van der Waals surface area contributed by atoms with Gasteiger partial charge in [-0.2, -0.15) is 0 Å². The molecule has 3 atom stereocenters. The van der Waals surface area contributed by atoms with E-state index in [1.54, 1.807) is 4.90 Å². The van der Waals surface area contributed by atoms with Crippen LogP contribution in [0.25, 0.3) is 0 Å². The molecule has 1 aromatic rings. The molecule has 3 amide bonds. The van der Waals surface area contributed by atoms with Gasteiger partial charge in [0.25, 0.3) is 0 Å². The van der Waals surface area contributed by atoms with Gasteiger partial charge in [0.15, 0.2) is 0 Å². The maximum atomic E-state index is 12.4. The molecule has 0 spiro atoms. The fourth-order valence-electron chi connectivity index (χ4n) is 2.79. The standard InChI is InChI=1S/C17H25N3O3/c1-11-9-20(10-12(2)23-11)17(22)18-13(3)15-6-5-7-16(8-15)19-14(4)21/h5-8,11-13H,9-10H2,1-4H3,(H,18,22)(H,19,21)/t11-,12-,13-/m0/s1. The summed E-state index contributed by atoms with van der Waals surface area (Å²) in [5.41, 5.74) is 1.67. The van der Waals surface area contributed by atoms with E-state index < -0.39 is 0 Å². The first kappa shape index (κ1) is 17.3. The van der Waals surface area contributed by atoms with Crippen molar-refractivity contribution in [3.05, 3.63) is 29.8 Å². The van der Waals surface area contributed by atoms with Crippen molar-refractivity contribution in [3.8, 4) is 0 Å². The second-order valence-electron chi connectivity index (χ2n) is 6.14. The van der Waals surface area contributed by atoms with Crippen LogP contribution >= 0.6 is 0 Å². The number of anilines is 1. The molecule has 126 valence electrons. The molecule has 0 radical (unpaired) electrons. The zero-order valence-corrected chi connectivity index (χ0v) is 14.1. The summed E-state index contributed by atoms with van der Waals surface area (Å²) in [5.74, 6) is -0.116. The van der Waals surface area contributed by atoms with Crippen molar-refractivity contribution in [1.29, 1.82) is 0 Å². The Bertz CT molecular complexity index is 566. The molecular formula is C17H25N3O3. The van der Waals surface area contributed by atoms with Crippen LogP contribution in [-0.2, 0) is 9.53 Å². The SMILES string of the molecule is CC(=O)Nc1cccc([C@H](C)NC(=O)N2C[C@H](C)O[C@@H](C)C2)c1. The first-order valence-corrected chi connectivity index (χ1v) is 7.93. The molecule has 1 aliphatic heterocycles. The Hall–Kier alpha value is -2.08. The fraction of sp³-hybridized carbons (Fsp3) is 0.529. The third kappa shape index (κ3) is 4.96. The lowest BCUT2D eigenvalue weighted by molar-refractivity contribution is -0.114. The average molecular weight is 319 g/mol. The summed E-state index contributed by atoms with van der Waals surface area (Å²) in [7, 11) is 0. The van der Waals surface area contributed by atoms with Crippen molar-refractivity contribution in [2.75, 3.05) is 18.4 Å². The Morgan fingerprint density at radius 1 is 1.26 bits per heavy atom. The molecule has 1 aliphatic rings. The van der Waals surface area contributed by atoms with E-state index in [4.69, 9.17) is 4.74 Å². The van der Waals surface area contributed by atoms with Crippen molar-refractivity contribution in [2.24, 2.45) is 0 Å². The van der Waals surface area contributed by atoms with E-state index in [1.165, 1.54) is 6.92 Å². The predicted molar refractivity (Wildman–Crippen MR) is 89.3 cm³/mol. The number of urea groups is 1. The molecule has 2 N–H and O–H groups in total. The summed E-state index contributed by atoms with van der Waals surface area (Å²) < 4.78 is 5.65. The number of amides is 3. The highest BCUT2D eigenvalue weighted by Gasteiger charge is 2.26. The lowest BCUT2D eigenvalue weighted by Gasteiger charge is -2.35. The number of nitrogens with zero attached hydrogens (tertiary/aromatic N) is 1. The molecule has 1 aromatic carbocycles. The number of rotatable bonds is 3. The fourth-order valence-corrected chi connectivity index (χ4v) is 2.79. The van der Waals surface area contributed by atoms with E-state index in [0.717, 1.165) is 11.3 Å². The molecule has 0 unspecified atom stereocenters. The molecular weight excluding hydrogens is 294 g/mol. The average Bonchev–Trinajstić information content (AvgIpc) is 2.45. The van der Waals surface area contributed by atoms with Gasteiger partial charge in [0.05, 0.1) is 18.2 Å². The van der Waals surface area contributed by atoms with Crippen molar-refractivity contribution in [3.63, 3.8) is 0 Å². The van der Waals surface area contributed by atoms with Gasteiger partial charge in [-0.25, -0.2) is 4.79 Å². The molecule has 6 nitrogen and oxygen atoms in total. The van der Waals surface area contributed by atoms with Crippen LogP contribution in [0, 0.1) is 0 Å². The molecule has 0 saturated carbocycles. The topological polar surface area (TPSA) is 70.7 Å². The van der Waals surface area contributed by atoms with Gasteiger partial charge in [0.1, 0.15) is 0 Å². The third-order valence-corrected chi connectivity index (χ3v) is 3.75. The van der Waals surface area contributed by atoms with Crippen LogP contribution in [0.1, 0.15) is 39.3 Å². The molecule has 0 bridgehead atoms. The number of carbonyl (C=O) groups excluding carboxylic acids is 2. The summed E-state index contributed by atoms with van der Waals surface area (Å²) in [6, 6.07) is 7.25. The number of nitrogens with one attached hydrogen (secondary N) is 2. The van der Waals surface area contributed by atoms with Crippen LogP contribution in [0.5, 0.6) is 0 Å². The van der Waals surface area contributed by atoms with Crippen molar-refractivity contribution < 1.29 is 14.3 Å². The maximum absolute atomic E-state index is 12.4. The van der Waals surface area contributed by atoms with Gasteiger partial charge in [-0.05, 0) is 38.5 Å². The van der Waals surface area contributed by atoms with Crippen LogP contribution < -0.4 is 10.6 Å². The smallest absolute Gasteiger partial charge is 0.318 e. The number of hydrogen-bond acceptors (Lipinski definition) is 3. The Labute approximate surface area is 137 Å². The lowest BCUT2D eigenvalue weighted by Crippen LogP contribution is -2.52. The van der Waals surface area contributed by atoms with Crippen LogP contribution in [0.3, 0.4) is 0 Å². The first-order valence-electron chi connectivity index (χ1n) is 7.93. The number of carbonyl (C=O) groups is 2. The van der Waals surface area contributed by atoms with Crippen molar-refractivity contribution in [2.45, 2.75) is 45.9 Å². The Kier molecular flexibility index (Phi) is 5.60. The van der Waals surface area contributed by atoms with E-state index in [9.17, 15) is 9.59 Å². The molecule has 2 rings (SSSR count). The van der Waals surface area contributed by atoms with Gasteiger partial charge in [0, 0.05) is 25.7 Å². The molecule has 0 aromatic heterocycles. The van der Waals surface area contributed by atoms with Gasteiger partial charge < -0.3 is 20.3 Å². The maximum Gasteiger partial charge on any atom is 0.318 e. The summed E-state index contributed by atoms with van der Waals surface area (Å²) >= 11 is 0. The Morgan fingerprint density at radius 2 is 1.91 bits per heavy atom. The second kappa shape index (κ2) is 7.46. The highest BCUT2D eigenvalue weighted by molar-refractivity contribution is 5.88. The van der Waals surface area contributed by atoms with Crippen LogP contribution in [-0.4, -0.2) is 42.1 Å². The van der Waals surface area contributed by atoms with E-state index in [2.05, 4.69) is 10.6 Å². The zero-order valence-electron chi connectivity index (χ0n) is 14.1. The minimum Gasteiger partial charge on any atom is -0.372 e. The van der Waals surface area contributed by atoms with Crippen molar-refractivity contribution >= 4 is 17.6 Å². The largest absolute Gasteiger partial charge is 0.372 e. The van der Waals surface area contributed by atoms with Crippen LogP contribution in [0.15, 0.2) is 24.3 Å².